The summed E-state index contributed by atoms with van der Waals surface area (Å²) in [7, 11) is 1.78. The number of hydrogen-bond acceptors (Lipinski definition) is 5. The van der Waals surface area contributed by atoms with Crippen LogP contribution in [0, 0.1) is 6.92 Å². The SMILES string of the molecule is CC.CCOC(=O)COc1nc(-c2cccc(C)c2)n(C)n1. The van der Waals surface area contributed by atoms with Gasteiger partial charge in [0.2, 0.25) is 0 Å². The molecule has 0 aliphatic carbocycles. The van der Waals surface area contributed by atoms with E-state index in [9.17, 15) is 4.79 Å². The maximum absolute atomic E-state index is 11.2. The fraction of sp³-hybridized carbons (Fsp3) is 0.438. The molecule has 0 fully saturated rings. The summed E-state index contributed by atoms with van der Waals surface area (Å²) in [5.41, 5.74) is 2.09. The Labute approximate surface area is 131 Å². The molecule has 1 aromatic heterocycles. The fourth-order valence-corrected chi connectivity index (χ4v) is 1.78. The predicted molar refractivity (Wildman–Crippen MR) is 84.7 cm³/mol. The Kier molecular flexibility index (Phi) is 7.08. The first-order valence-corrected chi connectivity index (χ1v) is 7.36. The number of carbonyl (C=O) groups excluding carboxylic acids is 1. The molecule has 2 aromatic rings. The maximum Gasteiger partial charge on any atom is 0.344 e. The molecule has 1 aromatic carbocycles. The predicted octanol–water partition coefficient (Wildman–Crippen LogP) is 2.76. The number of hydrogen-bond donors (Lipinski definition) is 0. The molecule has 0 saturated heterocycles. The van der Waals surface area contributed by atoms with E-state index in [0.29, 0.717) is 12.4 Å². The molecule has 6 nitrogen and oxygen atoms in total. The third-order valence-corrected chi connectivity index (χ3v) is 2.64. The highest BCUT2D eigenvalue weighted by atomic mass is 16.6. The van der Waals surface area contributed by atoms with E-state index in [1.165, 1.54) is 0 Å². The van der Waals surface area contributed by atoms with E-state index in [1.807, 2.05) is 45.0 Å². The van der Waals surface area contributed by atoms with E-state index >= 15 is 0 Å². The summed E-state index contributed by atoms with van der Waals surface area (Å²) in [4.78, 5) is 15.5. The van der Waals surface area contributed by atoms with Crippen LogP contribution in [0.25, 0.3) is 11.4 Å². The van der Waals surface area contributed by atoms with Crippen LogP contribution in [0.5, 0.6) is 6.01 Å². The Morgan fingerprint density at radius 1 is 1.32 bits per heavy atom. The highest BCUT2D eigenvalue weighted by Crippen LogP contribution is 2.19. The summed E-state index contributed by atoms with van der Waals surface area (Å²) in [5.74, 6) is 0.254. The summed E-state index contributed by atoms with van der Waals surface area (Å²) in [6.07, 6.45) is 0. The van der Waals surface area contributed by atoms with Crippen LogP contribution in [0.15, 0.2) is 24.3 Å². The Morgan fingerprint density at radius 3 is 2.68 bits per heavy atom. The van der Waals surface area contributed by atoms with Crippen molar-refractivity contribution in [1.82, 2.24) is 14.8 Å². The Bertz CT molecular complexity index is 608. The molecule has 0 atom stereocenters. The van der Waals surface area contributed by atoms with Gasteiger partial charge in [-0.05, 0) is 19.9 Å². The van der Waals surface area contributed by atoms with Crippen molar-refractivity contribution in [3.8, 4) is 17.4 Å². The van der Waals surface area contributed by atoms with Gasteiger partial charge in [-0.3, -0.25) is 0 Å². The molecule has 0 bridgehead atoms. The van der Waals surface area contributed by atoms with Gasteiger partial charge in [-0.15, -0.1) is 5.10 Å². The maximum atomic E-state index is 11.2. The molecule has 0 aliphatic rings. The van der Waals surface area contributed by atoms with Gasteiger partial charge < -0.3 is 9.47 Å². The molecule has 0 unspecified atom stereocenters. The second-order valence-electron chi connectivity index (χ2n) is 4.30. The molecule has 0 N–H and O–H groups in total. The molecule has 22 heavy (non-hydrogen) atoms. The number of carbonyl (C=O) groups is 1. The minimum absolute atomic E-state index is 0.164. The van der Waals surface area contributed by atoms with Crippen molar-refractivity contribution in [2.75, 3.05) is 13.2 Å². The Hall–Kier alpha value is -2.37. The topological polar surface area (TPSA) is 66.2 Å². The standard InChI is InChI=1S/C14H17N3O3.C2H6/c1-4-19-12(18)9-20-14-15-13(17(3)16-14)11-7-5-6-10(2)8-11;1-2/h5-8H,4,9H2,1-3H3;1-2H3. The van der Waals surface area contributed by atoms with Crippen molar-refractivity contribution in [1.29, 1.82) is 0 Å². The van der Waals surface area contributed by atoms with Crippen LogP contribution >= 0.6 is 0 Å². The van der Waals surface area contributed by atoms with Crippen molar-refractivity contribution in [2.45, 2.75) is 27.7 Å². The zero-order valence-corrected chi connectivity index (χ0v) is 13.8. The van der Waals surface area contributed by atoms with Gasteiger partial charge in [0.25, 0.3) is 0 Å². The van der Waals surface area contributed by atoms with Crippen molar-refractivity contribution in [2.24, 2.45) is 7.05 Å². The molecule has 6 heteroatoms. The summed E-state index contributed by atoms with van der Waals surface area (Å²) >= 11 is 0. The van der Waals surface area contributed by atoms with Crippen molar-refractivity contribution >= 4 is 5.97 Å². The lowest BCUT2D eigenvalue weighted by Gasteiger charge is -2.00. The van der Waals surface area contributed by atoms with Gasteiger partial charge in [0, 0.05) is 12.6 Å². The van der Waals surface area contributed by atoms with Crippen molar-refractivity contribution in [3.63, 3.8) is 0 Å². The van der Waals surface area contributed by atoms with Crippen LogP contribution in [0.2, 0.25) is 0 Å². The average molecular weight is 305 g/mol. The number of nitrogens with zero attached hydrogens (tertiary/aromatic N) is 3. The summed E-state index contributed by atoms with van der Waals surface area (Å²) in [6, 6.07) is 8.10. The van der Waals surface area contributed by atoms with Gasteiger partial charge >= 0.3 is 12.0 Å². The highest BCUT2D eigenvalue weighted by Gasteiger charge is 2.12. The second-order valence-corrected chi connectivity index (χ2v) is 4.30. The number of ether oxygens (including phenoxy) is 2. The molecule has 120 valence electrons. The minimum atomic E-state index is -0.433. The quantitative estimate of drug-likeness (QED) is 0.795. The van der Waals surface area contributed by atoms with Gasteiger partial charge in [0.15, 0.2) is 12.4 Å². The lowest BCUT2D eigenvalue weighted by atomic mass is 10.1. The lowest BCUT2D eigenvalue weighted by molar-refractivity contribution is -0.145. The van der Waals surface area contributed by atoms with E-state index in [0.717, 1.165) is 11.1 Å². The third kappa shape index (κ3) is 4.87. The lowest BCUT2D eigenvalue weighted by Crippen LogP contribution is -2.15. The van der Waals surface area contributed by atoms with E-state index in [-0.39, 0.29) is 12.6 Å². The monoisotopic (exact) mass is 305 g/mol. The summed E-state index contributed by atoms with van der Waals surface area (Å²) in [6.45, 7) is 7.89. The highest BCUT2D eigenvalue weighted by molar-refractivity contribution is 5.70. The third-order valence-electron chi connectivity index (χ3n) is 2.64. The molecular weight excluding hydrogens is 282 g/mol. The van der Waals surface area contributed by atoms with E-state index in [2.05, 4.69) is 10.1 Å². The van der Waals surface area contributed by atoms with Crippen LogP contribution in [0.4, 0.5) is 0 Å². The smallest absolute Gasteiger partial charge is 0.344 e. The second kappa shape index (κ2) is 8.81. The van der Waals surface area contributed by atoms with Gasteiger partial charge in [-0.2, -0.15) is 4.98 Å². The van der Waals surface area contributed by atoms with Gasteiger partial charge in [-0.1, -0.05) is 37.6 Å². The van der Waals surface area contributed by atoms with Gasteiger partial charge in [0.05, 0.1) is 6.61 Å². The minimum Gasteiger partial charge on any atom is -0.463 e. The van der Waals surface area contributed by atoms with E-state index in [1.54, 1.807) is 18.7 Å². The van der Waals surface area contributed by atoms with Crippen LogP contribution in [-0.2, 0) is 16.6 Å². The fourth-order valence-electron chi connectivity index (χ4n) is 1.78. The van der Waals surface area contributed by atoms with Crippen LogP contribution in [-0.4, -0.2) is 33.9 Å². The van der Waals surface area contributed by atoms with Crippen molar-refractivity contribution in [3.05, 3.63) is 29.8 Å². The first-order chi connectivity index (χ1) is 10.6. The normalized spacial score (nSPS) is 9.68. The van der Waals surface area contributed by atoms with Crippen LogP contribution < -0.4 is 4.74 Å². The average Bonchev–Trinajstić information content (AvgIpc) is 2.89. The Morgan fingerprint density at radius 2 is 2.05 bits per heavy atom. The number of rotatable bonds is 5. The van der Waals surface area contributed by atoms with Crippen LogP contribution in [0.1, 0.15) is 26.3 Å². The first-order valence-electron chi connectivity index (χ1n) is 7.36. The molecule has 0 aliphatic heterocycles. The zero-order valence-electron chi connectivity index (χ0n) is 13.8. The number of benzene rings is 1. The number of aromatic nitrogens is 3. The molecule has 0 amide bonds. The molecule has 2 rings (SSSR count). The molecule has 0 saturated carbocycles. The van der Waals surface area contributed by atoms with E-state index in [4.69, 9.17) is 9.47 Å². The summed E-state index contributed by atoms with van der Waals surface area (Å²) in [5, 5.41) is 4.12. The summed E-state index contributed by atoms with van der Waals surface area (Å²) < 4.78 is 11.6. The van der Waals surface area contributed by atoms with Gasteiger partial charge in [0.1, 0.15) is 0 Å². The molecule has 0 radical (unpaired) electrons. The van der Waals surface area contributed by atoms with E-state index < -0.39 is 5.97 Å². The Balaban J connectivity index is 0.00000116. The number of aryl methyl sites for hydroxylation is 2. The van der Waals surface area contributed by atoms with Crippen LogP contribution in [0.3, 0.4) is 0 Å². The first kappa shape index (κ1) is 17.7. The number of esters is 1. The van der Waals surface area contributed by atoms with Crippen molar-refractivity contribution < 1.29 is 14.3 Å². The molecule has 1 heterocycles. The molecular formula is C16H23N3O3. The largest absolute Gasteiger partial charge is 0.463 e. The molecule has 0 spiro atoms. The zero-order chi connectivity index (χ0) is 16.5. The van der Waals surface area contributed by atoms with Gasteiger partial charge in [-0.25, -0.2) is 9.48 Å².